The Balaban J connectivity index is 3.03. The van der Waals surface area contributed by atoms with Crippen molar-refractivity contribution >= 4 is 29.2 Å². The number of nitriles is 1. The van der Waals surface area contributed by atoms with Gasteiger partial charge in [-0.25, -0.2) is 9.59 Å². The molecule has 1 aromatic carbocycles. The molecule has 0 aliphatic rings. The molecule has 0 fully saturated rings. The monoisotopic (exact) mass is 322 g/mol. The van der Waals surface area contributed by atoms with Crippen LogP contribution in [0.2, 0.25) is 5.02 Å². The van der Waals surface area contributed by atoms with E-state index in [1.807, 2.05) is 0 Å². The Morgan fingerprint density at radius 2 is 2.09 bits per heavy atom. The molecule has 0 aromatic heterocycles. The Labute approximate surface area is 133 Å². The van der Waals surface area contributed by atoms with Gasteiger partial charge in [-0.15, -0.1) is 0 Å². The van der Waals surface area contributed by atoms with Crippen molar-refractivity contribution in [3.63, 3.8) is 0 Å². The van der Waals surface area contributed by atoms with Crippen molar-refractivity contribution in [1.82, 2.24) is 0 Å². The molecule has 0 heterocycles. The van der Waals surface area contributed by atoms with E-state index >= 15 is 0 Å². The lowest BCUT2D eigenvalue weighted by atomic mass is 10.2. The van der Waals surface area contributed by atoms with Crippen LogP contribution in [-0.2, 0) is 14.3 Å². The Bertz CT molecular complexity index is 647. The van der Waals surface area contributed by atoms with Gasteiger partial charge in [-0.2, -0.15) is 5.26 Å². The van der Waals surface area contributed by atoms with Gasteiger partial charge < -0.3 is 14.8 Å². The zero-order chi connectivity index (χ0) is 16.7. The lowest BCUT2D eigenvalue weighted by Gasteiger charge is -2.11. The largest absolute Gasteiger partial charge is 0.465 e. The van der Waals surface area contributed by atoms with E-state index in [9.17, 15) is 9.59 Å². The molecule has 0 aliphatic carbocycles. The fourth-order valence-corrected chi connectivity index (χ4v) is 1.73. The molecule has 116 valence electrons. The van der Waals surface area contributed by atoms with Crippen LogP contribution in [0.1, 0.15) is 24.2 Å². The van der Waals surface area contributed by atoms with Gasteiger partial charge in [0, 0.05) is 6.20 Å². The van der Waals surface area contributed by atoms with E-state index in [1.165, 1.54) is 13.2 Å². The molecule has 0 radical (unpaired) electrons. The van der Waals surface area contributed by atoms with Crippen molar-refractivity contribution in [2.24, 2.45) is 0 Å². The van der Waals surface area contributed by atoms with E-state index in [-0.39, 0.29) is 22.3 Å². The third-order valence-corrected chi connectivity index (χ3v) is 2.87. The van der Waals surface area contributed by atoms with Crippen LogP contribution >= 0.6 is 11.6 Å². The van der Waals surface area contributed by atoms with Crippen molar-refractivity contribution in [1.29, 1.82) is 5.26 Å². The van der Waals surface area contributed by atoms with E-state index in [0.717, 1.165) is 6.20 Å². The molecule has 0 spiro atoms. The molecule has 1 aromatic rings. The maximum Gasteiger partial charge on any atom is 0.350 e. The number of ether oxygens (including phenoxy) is 2. The van der Waals surface area contributed by atoms with Crippen LogP contribution in [0, 0.1) is 11.3 Å². The van der Waals surface area contributed by atoms with Crippen LogP contribution in [0.15, 0.2) is 30.0 Å². The summed E-state index contributed by atoms with van der Waals surface area (Å²) in [5.74, 6) is -1.33. The van der Waals surface area contributed by atoms with E-state index in [1.54, 1.807) is 32.0 Å². The summed E-state index contributed by atoms with van der Waals surface area (Å²) in [4.78, 5) is 23.2. The lowest BCUT2D eigenvalue weighted by Crippen LogP contribution is -2.12. The highest BCUT2D eigenvalue weighted by molar-refractivity contribution is 6.36. The number of hydrogen-bond donors (Lipinski definition) is 1. The number of anilines is 1. The molecule has 0 saturated heterocycles. The van der Waals surface area contributed by atoms with Gasteiger partial charge in [0.15, 0.2) is 5.57 Å². The van der Waals surface area contributed by atoms with Crippen LogP contribution in [0.5, 0.6) is 0 Å². The second kappa shape index (κ2) is 8.05. The van der Waals surface area contributed by atoms with Gasteiger partial charge in [0.05, 0.1) is 29.5 Å². The summed E-state index contributed by atoms with van der Waals surface area (Å²) in [5.41, 5.74) is 0.315. The van der Waals surface area contributed by atoms with Crippen LogP contribution in [0.4, 0.5) is 5.69 Å². The smallest absolute Gasteiger partial charge is 0.350 e. The molecular weight excluding hydrogens is 308 g/mol. The molecule has 1 rings (SSSR count). The van der Waals surface area contributed by atoms with Gasteiger partial charge in [0.2, 0.25) is 0 Å². The molecule has 7 heteroatoms. The molecule has 0 bridgehead atoms. The molecule has 0 saturated carbocycles. The minimum atomic E-state index is -0.776. The molecule has 22 heavy (non-hydrogen) atoms. The summed E-state index contributed by atoms with van der Waals surface area (Å²) in [6.45, 7) is 3.46. The molecule has 6 nitrogen and oxygen atoms in total. The average molecular weight is 323 g/mol. The zero-order valence-corrected chi connectivity index (χ0v) is 13.1. The number of halogens is 1. The predicted octanol–water partition coefficient (Wildman–Crippen LogP) is 2.90. The molecule has 0 atom stereocenters. The first-order valence-corrected chi connectivity index (χ1v) is 6.73. The number of benzene rings is 1. The van der Waals surface area contributed by atoms with Gasteiger partial charge in [0.1, 0.15) is 6.07 Å². The second-order valence-corrected chi connectivity index (χ2v) is 4.80. The van der Waals surface area contributed by atoms with Gasteiger partial charge in [-0.05, 0) is 26.0 Å². The van der Waals surface area contributed by atoms with Gasteiger partial charge in [-0.1, -0.05) is 17.7 Å². The van der Waals surface area contributed by atoms with Gasteiger partial charge in [-0.3, -0.25) is 0 Å². The normalized spacial score (nSPS) is 10.8. The number of carbonyl (C=O) groups is 2. The van der Waals surface area contributed by atoms with Crippen molar-refractivity contribution in [2.45, 2.75) is 20.0 Å². The minimum Gasteiger partial charge on any atom is -0.465 e. The number of nitrogens with zero attached hydrogens (tertiary/aromatic N) is 1. The fraction of sp³-hybridized carbons (Fsp3) is 0.267. The van der Waals surface area contributed by atoms with Crippen molar-refractivity contribution in [3.05, 3.63) is 40.6 Å². The predicted molar refractivity (Wildman–Crippen MR) is 81.3 cm³/mol. The van der Waals surface area contributed by atoms with Crippen molar-refractivity contribution in [2.75, 3.05) is 12.4 Å². The number of hydrogen-bond acceptors (Lipinski definition) is 6. The number of rotatable bonds is 5. The van der Waals surface area contributed by atoms with Crippen molar-refractivity contribution in [3.8, 4) is 6.07 Å². The maximum absolute atomic E-state index is 11.9. The first-order valence-electron chi connectivity index (χ1n) is 6.35. The quantitative estimate of drug-likeness (QED) is 0.509. The topological polar surface area (TPSA) is 88.4 Å². The third-order valence-electron chi connectivity index (χ3n) is 2.46. The molecular formula is C15H15ClN2O4. The molecule has 0 unspecified atom stereocenters. The highest BCUT2D eigenvalue weighted by Crippen LogP contribution is 2.27. The van der Waals surface area contributed by atoms with E-state index in [2.05, 4.69) is 10.1 Å². The van der Waals surface area contributed by atoms with Crippen molar-refractivity contribution < 1.29 is 19.1 Å². The Morgan fingerprint density at radius 3 is 2.64 bits per heavy atom. The number of nitrogens with one attached hydrogen (secondary N) is 1. The van der Waals surface area contributed by atoms with Crippen LogP contribution in [0.3, 0.4) is 0 Å². The summed E-state index contributed by atoms with van der Waals surface area (Å²) in [6.07, 6.45) is 0.884. The van der Waals surface area contributed by atoms with E-state index in [0.29, 0.717) is 5.69 Å². The Kier molecular flexibility index (Phi) is 6.42. The van der Waals surface area contributed by atoms with Gasteiger partial charge >= 0.3 is 11.9 Å². The summed E-state index contributed by atoms with van der Waals surface area (Å²) in [6, 6.07) is 6.41. The second-order valence-electron chi connectivity index (χ2n) is 4.43. The summed E-state index contributed by atoms with van der Waals surface area (Å²) < 4.78 is 9.53. The standard InChI is InChI=1S/C15H15ClN2O4/c1-9(2)22-15(20)11-5-4-6-12(13(11)16)18-8-10(7-17)14(19)21-3/h4-6,8-9,18H,1-3H3. The Morgan fingerprint density at radius 1 is 1.41 bits per heavy atom. The number of methoxy groups -OCH3 is 1. The average Bonchev–Trinajstić information content (AvgIpc) is 2.48. The lowest BCUT2D eigenvalue weighted by molar-refractivity contribution is -0.135. The molecule has 0 aliphatic heterocycles. The maximum atomic E-state index is 11.9. The fourth-order valence-electron chi connectivity index (χ4n) is 1.48. The summed E-state index contributed by atoms with van der Waals surface area (Å²) >= 11 is 6.14. The third kappa shape index (κ3) is 4.50. The summed E-state index contributed by atoms with van der Waals surface area (Å²) in [7, 11) is 1.17. The van der Waals surface area contributed by atoms with Crippen LogP contribution in [0.25, 0.3) is 0 Å². The highest BCUT2D eigenvalue weighted by atomic mass is 35.5. The first kappa shape index (κ1) is 17.5. The number of carbonyl (C=O) groups excluding carboxylic acids is 2. The van der Waals surface area contributed by atoms with Crippen LogP contribution in [-0.4, -0.2) is 25.2 Å². The van der Waals surface area contributed by atoms with E-state index < -0.39 is 11.9 Å². The SMILES string of the molecule is COC(=O)C(C#N)=CNc1cccc(C(=O)OC(C)C)c1Cl. The highest BCUT2D eigenvalue weighted by Gasteiger charge is 2.16. The summed E-state index contributed by atoms with van der Waals surface area (Å²) in [5, 5.41) is 11.7. The number of esters is 2. The Hall–Kier alpha value is -2.52. The zero-order valence-electron chi connectivity index (χ0n) is 12.3. The van der Waals surface area contributed by atoms with Gasteiger partial charge in [0.25, 0.3) is 0 Å². The molecule has 0 amide bonds. The first-order chi connectivity index (χ1) is 10.4. The van der Waals surface area contributed by atoms with Crippen LogP contribution < -0.4 is 5.32 Å². The minimum absolute atomic E-state index is 0.131. The molecule has 1 N–H and O–H groups in total. The van der Waals surface area contributed by atoms with E-state index in [4.69, 9.17) is 21.6 Å².